The van der Waals surface area contributed by atoms with Crippen LogP contribution in [0.2, 0.25) is 0 Å². The van der Waals surface area contributed by atoms with Crippen molar-refractivity contribution in [2.45, 2.75) is 19.8 Å². The van der Waals surface area contributed by atoms with Gasteiger partial charge in [-0.1, -0.05) is 31.4 Å². The van der Waals surface area contributed by atoms with Crippen LogP contribution in [0.3, 0.4) is 0 Å². The molecule has 0 fully saturated rings. The molecule has 0 saturated carbocycles. The second kappa shape index (κ2) is 3.65. The molecule has 1 N–H and O–H groups in total. The summed E-state index contributed by atoms with van der Waals surface area (Å²) in [6.45, 7) is 3.87. The van der Waals surface area contributed by atoms with Gasteiger partial charge in [0.2, 0.25) is 0 Å². The van der Waals surface area contributed by atoms with Crippen molar-refractivity contribution in [1.82, 2.24) is 0 Å². The summed E-state index contributed by atoms with van der Waals surface area (Å²) in [6, 6.07) is 3.15. The minimum absolute atomic E-state index is 0.0409. The summed E-state index contributed by atoms with van der Waals surface area (Å²) in [5.74, 6) is 0.196. The van der Waals surface area contributed by atoms with Crippen molar-refractivity contribution in [3.63, 3.8) is 0 Å². The summed E-state index contributed by atoms with van der Waals surface area (Å²) in [5.41, 5.74) is 1.47. The number of aldehydes is 1. The molecule has 0 unspecified atom stereocenters. The van der Waals surface area contributed by atoms with Gasteiger partial charge in [-0.25, -0.2) is 0 Å². The molecular formula is C10H11BO2. The molecule has 0 saturated heterocycles. The molecule has 0 spiro atoms. The molecule has 1 aromatic carbocycles. The van der Waals surface area contributed by atoms with Gasteiger partial charge in [-0.3, -0.25) is 4.79 Å². The summed E-state index contributed by atoms with van der Waals surface area (Å²) in [6.07, 6.45) is 0.609. The van der Waals surface area contributed by atoms with Crippen molar-refractivity contribution in [3.05, 3.63) is 23.3 Å². The zero-order chi connectivity index (χ0) is 10.0. The summed E-state index contributed by atoms with van der Waals surface area (Å²) in [4.78, 5) is 10.5. The van der Waals surface area contributed by atoms with Gasteiger partial charge in [0, 0.05) is 0 Å². The van der Waals surface area contributed by atoms with Gasteiger partial charge in [-0.15, -0.1) is 0 Å². The van der Waals surface area contributed by atoms with Gasteiger partial charge in [0.1, 0.15) is 13.6 Å². The first-order chi connectivity index (χ1) is 6.06. The first kappa shape index (κ1) is 9.84. The third-order valence-electron chi connectivity index (χ3n) is 1.94. The monoisotopic (exact) mass is 174 g/mol. The fourth-order valence-electron chi connectivity index (χ4n) is 1.23. The summed E-state index contributed by atoms with van der Waals surface area (Å²) >= 11 is 0. The second-order valence-electron chi connectivity index (χ2n) is 3.32. The number of carbonyl (C=O) groups is 1. The molecule has 13 heavy (non-hydrogen) atoms. The van der Waals surface area contributed by atoms with Crippen molar-refractivity contribution in [3.8, 4) is 5.75 Å². The van der Waals surface area contributed by atoms with E-state index in [1.54, 1.807) is 6.07 Å². The van der Waals surface area contributed by atoms with Crippen molar-refractivity contribution >= 4 is 19.6 Å². The third kappa shape index (κ3) is 1.91. The highest BCUT2D eigenvalue weighted by Crippen LogP contribution is 2.26. The maximum Gasteiger partial charge on any atom is 0.153 e. The molecule has 2 radical (unpaired) electrons. The Balaban J connectivity index is 3.35. The largest absolute Gasteiger partial charge is 0.507 e. The number of hydrogen-bond donors (Lipinski definition) is 1. The minimum Gasteiger partial charge on any atom is -0.507 e. The predicted molar refractivity (Wildman–Crippen MR) is 53.0 cm³/mol. The fourth-order valence-corrected chi connectivity index (χ4v) is 1.23. The number of aromatic hydroxyl groups is 1. The van der Waals surface area contributed by atoms with Gasteiger partial charge in [0.25, 0.3) is 0 Å². The molecule has 0 heterocycles. The smallest absolute Gasteiger partial charge is 0.153 e. The quantitative estimate of drug-likeness (QED) is 0.538. The van der Waals surface area contributed by atoms with Gasteiger partial charge in [-0.05, 0) is 11.5 Å². The number of phenols is 1. The Morgan fingerprint density at radius 2 is 2.08 bits per heavy atom. The molecule has 0 aromatic heterocycles. The Morgan fingerprint density at radius 1 is 1.46 bits per heavy atom. The first-order valence-electron chi connectivity index (χ1n) is 4.13. The maximum atomic E-state index is 10.5. The number of benzene rings is 1. The van der Waals surface area contributed by atoms with E-state index in [1.807, 2.05) is 13.8 Å². The molecule has 0 atom stereocenters. The Bertz CT molecular complexity index is 332. The maximum absolute atomic E-state index is 10.5. The van der Waals surface area contributed by atoms with E-state index in [-0.39, 0.29) is 17.2 Å². The minimum atomic E-state index is 0.0409. The van der Waals surface area contributed by atoms with Crippen LogP contribution in [0.25, 0.3) is 0 Å². The van der Waals surface area contributed by atoms with E-state index in [0.717, 1.165) is 0 Å². The van der Waals surface area contributed by atoms with E-state index >= 15 is 0 Å². The lowest BCUT2D eigenvalue weighted by Gasteiger charge is -2.11. The topological polar surface area (TPSA) is 37.3 Å². The van der Waals surface area contributed by atoms with Gasteiger partial charge in [0.05, 0.1) is 5.56 Å². The van der Waals surface area contributed by atoms with Gasteiger partial charge < -0.3 is 5.11 Å². The highest BCUT2D eigenvalue weighted by Gasteiger charge is 2.10. The highest BCUT2D eigenvalue weighted by atomic mass is 16.3. The lowest BCUT2D eigenvalue weighted by molar-refractivity contribution is 0.112. The van der Waals surface area contributed by atoms with Crippen LogP contribution in [0, 0.1) is 0 Å². The molecule has 1 rings (SSSR count). The van der Waals surface area contributed by atoms with Gasteiger partial charge >= 0.3 is 0 Å². The van der Waals surface area contributed by atoms with Crippen molar-refractivity contribution in [2.24, 2.45) is 0 Å². The van der Waals surface area contributed by atoms with E-state index < -0.39 is 0 Å². The summed E-state index contributed by atoms with van der Waals surface area (Å²) in [7, 11) is 5.57. The number of rotatable bonds is 2. The van der Waals surface area contributed by atoms with E-state index in [9.17, 15) is 9.90 Å². The molecule has 2 nitrogen and oxygen atoms in total. The standard InChI is InChI=1S/C10H11BO2/c1-6(2)9-4-8(11)3-7(5-12)10(9)13/h3-6,13H,1-2H3. The Labute approximate surface area is 79.0 Å². The van der Waals surface area contributed by atoms with Gasteiger partial charge in [0.15, 0.2) is 6.29 Å². The molecule has 0 amide bonds. The molecule has 0 aliphatic rings. The van der Waals surface area contributed by atoms with E-state index in [1.165, 1.54) is 6.07 Å². The Morgan fingerprint density at radius 3 is 2.54 bits per heavy atom. The van der Waals surface area contributed by atoms with Crippen LogP contribution in [-0.2, 0) is 0 Å². The van der Waals surface area contributed by atoms with Crippen LogP contribution < -0.4 is 5.46 Å². The van der Waals surface area contributed by atoms with E-state index in [2.05, 4.69) is 0 Å². The van der Waals surface area contributed by atoms with Crippen molar-refractivity contribution < 1.29 is 9.90 Å². The number of hydrogen-bond acceptors (Lipinski definition) is 2. The van der Waals surface area contributed by atoms with Crippen LogP contribution in [0.5, 0.6) is 5.75 Å². The molecule has 66 valence electrons. The second-order valence-corrected chi connectivity index (χ2v) is 3.32. The Hall–Kier alpha value is -1.25. The van der Waals surface area contributed by atoms with Crippen molar-refractivity contribution in [2.75, 3.05) is 0 Å². The van der Waals surface area contributed by atoms with Gasteiger partial charge in [-0.2, -0.15) is 0 Å². The zero-order valence-electron chi connectivity index (χ0n) is 7.74. The lowest BCUT2D eigenvalue weighted by atomic mass is 9.88. The number of phenolic OH excluding ortho intramolecular Hbond substituents is 1. The first-order valence-corrected chi connectivity index (χ1v) is 4.13. The average Bonchev–Trinajstić information content (AvgIpc) is 2.08. The highest BCUT2D eigenvalue weighted by molar-refractivity contribution is 6.32. The average molecular weight is 174 g/mol. The zero-order valence-corrected chi connectivity index (χ0v) is 7.74. The Kier molecular flexibility index (Phi) is 2.76. The van der Waals surface area contributed by atoms with E-state index in [0.29, 0.717) is 17.3 Å². The van der Waals surface area contributed by atoms with Crippen molar-refractivity contribution in [1.29, 1.82) is 0 Å². The molecule has 1 aromatic rings. The third-order valence-corrected chi connectivity index (χ3v) is 1.94. The van der Waals surface area contributed by atoms with Crippen LogP contribution in [0.4, 0.5) is 0 Å². The number of carbonyl (C=O) groups excluding carboxylic acids is 1. The molecule has 0 aliphatic heterocycles. The normalized spacial score (nSPS) is 10.4. The molecule has 3 heteroatoms. The predicted octanol–water partition coefficient (Wildman–Crippen LogP) is 1.12. The molecular weight excluding hydrogens is 163 g/mol. The van der Waals surface area contributed by atoms with Crippen LogP contribution in [0.1, 0.15) is 35.7 Å². The molecule has 0 bridgehead atoms. The van der Waals surface area contributed by atoms with Crippen LogP contribution in [0.15, 0.2) is 12.1 Å². The van der Waals surface area contributed by atoms with Crippen LogP contribution >= 0.6 is 0 Å². The summed E-state index contributed by atoms with van der Waals surface area (Å²) in [5, 5.41) is 9.60. The lowest BCUT2D eigenvalue weighted by Crippen LogP contribution is -2.07. The van der Waals surface area contributed by atoms with Crippen LogP contribution in [-0.4, -0.2) is 19.2 Å². The van der Waals surface area contributed by atoms with E-state index in [4.69, 9.17) is 7.85 Å². The SMILES string of the molecule is [B]c1cc(C=O)c(O)c(C(C)C)c1. The summed E-state index contributed by atoms with van der Waals surface area (Å²) < 4.78 is 0. The molecule has 0 aliphatic carbocycles. The fraction of sp³-hybridized carbons (Fsp3) is 0.300.